The molecule has 1 aliphatic heterocycles. The highest BCUT2D eigenvalue weighted by molar-refractivity contribution is 7.92. The molecular formula is C24H23N3O7S. The second-order valence-electron chi connectivity index (χ2n) is 7.52. The molecule has 1 N–H and O–H groups in total. The molecule has 1 aliphatic rings. The van der Waals surface area contributed by atoms with Gasteiger partial charge in [-0.2, -0.15) is 0 Å². The molecule has 3 aromatic rings. The van der Waals surface area contributed by atoms with Gasteiger partial charge < -0.3 is 14.2 Å². The van der Waals surface area contributed by atoms with Crippen LogP contribution in [0.2, 0.25) is 0 Å². The molecular weight excluding hydrogens is 474 g/mol. The first-order valence-corrected chi connectivity index (χ1v) is 11.9. The van der Waals surface area contributed by atoms with Gasteiger partial charge in [-0.15, -0.1) is 5.06 Å². The number of para-hydroxylation sites is 1. The predicted molar refractivity (Wildman–Crippen MR) is 125 cm³/mol. The van der Waals surface area contributed by atoms with Crippen molar-refractivity contribution in [3.05, 3.63) is 95.8 Å². The fourth-order valence-corrected chi connectivity index (χ4v) is 5.07. The Kier molecular flexibility index (Phi) is 6.90. The molecule has 2 heterocycles. The van der Waals surface area contributed by atoms with Crippen LogP contribution in [0.4, 0.5) is 5.69 Å². The number of methoxy groups -OCH3 is 1. The van der Waals surface area contributed by atoms with Crippen LogP contribution in [0, 0.1) is 6.92 Å². The van der Waals surface area contributed by atoms with Crippen LogP contribution in [-0.2, 0) is 26.0 Å². The zero-order chi connectivity index (χ0) is 25.0. The summed E-state index contributed by atoms with van der Waals surface area (Å²) in [6.07, 6.45) is 4.22. The maximum Gasteiger partial charge on any atom is 0.286 e. The summed E-state index contributed by atoms with van der Waals surface area (Å²) in [5.41, 5.74) is 1.16. The largest absolute Gasteiger partial charge is 0.497 e. The molecule has 0 fully saturated rings. The first-order valence-electron chi connectivity index (χ1n) is 10.5. The third kappa shape index (κ3) is 4.91. The molecule has 0 saturated carbocycles. The second-order valence-corrected chi connectivity index (χ2v) is 9.38. The van der Waals surface area contributed by atoms with Crippen LogP contribution in [0.1, 0.15) is 21.5 Å². The Morgan fingerprint density at radius 2 is 1.91 bits per heavy atom. The van der Waals surface area contributed by atoms with Crippen LogP contribution in [0.25, 0.3) is 0 Å². The third-order valence-corrected chi connectivity index (χ3v) is 7.03. The number of benzene rings is 2. The summed E-state index contributed by atoms with van der Waals surface area (Å²) < 4.78 is 44.1. The van der Waals surface area contributed by atoms with Crippen molar-refractivity contribution < 1.29 is 32.6 Å². The Bertz CT molecular complexity index is 1340. The Hall–Kier alpha value is -4.09. The molecule has 11 heteroatoms. The van der Waals surface area contributed by atoms with Crippen LogP contribution < -0.4 is 9.04 Å². The summed E-state index contributed by atoms with van der Waals surface area (Å²) in [5.74, 6) is -0.599. The average molecular weight is 498 g/mol. The molecule has 35 heavy (non-hydrogen) atoms. The lowest BCUT2D eigenvalue weighted by Crippen LogP contribution is -2.35. The van der Waals surface area contributed by atoms with Gasteiger partial charge in [0.1, 0.15) is 5.75 Å². The van der Waals surface area contributed by atoms with Crippen LogP contribution in [0.15, 0.2) is 84.0 Å². The number of hydroxylamine groups is 2. The molecule has 0 bridgehead atoms. The van der Waals surface area contributed by atoms with E-state index < -0.39 is 15.9 Å². The number of aryl methyl sites for hydroxylation is 1. The molecule has 2 aromatic carbocycles. The summed E-state index contributed by atoms with van der Waals surface area (Å²) in [6.45, 7) is 1.42. The number of anilines is 1. The summed E-state index contributed by atoms with van der Waals surface area (Å²) in [6, 6.07) is 14.1. The Morgan fingerprint density at radius 3 is 2.54 bits per heavy atom. The number of nitrogens with zero attached hydrogens (tertiary/aromatic N) is 3. The minimum absolute atomic E-state index is 0.0000634. The molecule has 182 valence electrons. The van der Waals surface area contributed by atoms with E-state index in [9.17, 15) is 18.4 Å². The van der Waals surface area contributed by atoms with Crippen molar-refractivity contribution in [1.82, 2.24) is 10.0 Å². The lowest BCUT2D eigenvalue weighted by atomic mass is 10.1. The van der Waals surface area contributed by atoms with Crippen molar-refractivity contribution >= 4 is 21.6 Å². The second kappa shape index (κ2) is 10.0. The summed E-state index contributed by atoms with van der Waals surface area (Å²) in [7, 11) is -2.69. The third-order valence-electron chi connectivity index (χ3n) is 5.27. The van der Waals surface area contributed by atoms with Gasteiger partial charge in [0.15, 0.2) is 6.26 Å². The fraction of sp³-hybridized carbons (Fsp3) is 0.167. The van der Waals surface area contributed by atoms with Gasteiger partial charge in [-0.25, -0.2) is 8.42 Å². The minimum atomic E-state index is -4.17. The fourth-order valence-electron chi connectivity index (χ4n) is 3.54. The number of sulfonamides is 1. The van der Waals surface area contributed by atoms with E-state index in [1.165, 1.54) is 25.3 Å². The van der Waals surface area contributed by atoms with Crippen LogP contribution >= 0.6 is 0 Å². The number of pyridine rings is 1. The summed E-state index contributed by atoms with van der Waals surface area (Å²) in [4.78, 5) is 17.3. The van der Waals surface area contributed by atoms with Crippen LogP contribution in [0.5, 0.6) is 5.75 Å². The van der Waals surface area contributed by atoms with Crippen LogP contribution in [0.3, 0.4) is 0 Å². The Morgan fingerprint density at radius 1 is 1.14 bits per heavy atom. The van der Waals surface area contributed by atoms with Gasteiger partial charge in [0.05, 0.1) is 29.8 Å². The number of aromatic nitrogens is 1. The van der Waals surface area contributed by atoms with Gasteiger partial charge in [0.25, 0.3) is 21.8 Å². The quantitative estimate of drug-likeness (QED) is 0.371. The number of carbonyl (C=O) groups excluding carboxylic acids is 1. The molecule has 0 saturated heterocycles. The van der Waals surface area contributed by atoms with Gasteiger partial charge in [0, 0.05) is 12.4 Å². The standard InChI is InChI=1S/C24H23N3O7S/c1-17-5-3-7-21(24(28)27(29)22-15-33-16-34-22)23(17)26(14-18-6-4-12-25-13-18)35(30,31)20-10-8-19(32-2)9-11-20/h3-13,15,29H,14,16H2,1-2H3. The molecule has 1 aromatic heterocycles. The van der Waals surface area contributed by atoms with Gasteiger partial charge in [-0.1, -0.05) is 18.2 Å². The minimum Gasteiger partial charge on any atom is -0.497 e. The van der Waals surface area contributed by atoms with E-state index in [4.69, 9.17) is 14.2 Å². The Balaban J connectivity index is 1.85. The number of ether oxygens (including phenoxy) is 3. The van der Waals surface area contributed by atoms with E-state index in [2.05, 4.69) is 4.98 Å². The van der Waals surface area contributed by atoms with Gasteiger partial charge >= 0.3 is 0 Å². The monoisotopic (exact) mass is 497 g/mol. The van der Waals surface area contributed by atoms with Crippen molar-refractivity contribution in [3.63, 3.8) is 0 Å². The highest BCUT2D eigenvalue weighted by Crippen LogP contribution is 2.34. The summed E-state index contributed by atoms with van der Waals surface area (Å²) >= 11 is 0. The molecule has 0 unspecified atom stereocenters. The molecule has 0 aliphatic carbocycles. The van der Waals surface area contributed by atoms with Crippen molar-refractivity contribution in [3.8, 4) is 5.75 Å². The maximum absolute atomic E-state index is 13.9. The normalized spacial score (nSPS) is 12.8. The highest BCUT2D eigenvalue weighted by Gasteiger charge is 2.33. The SMILES string of the molecule is COc1ccc(S(=O)(=O)N(Cc2cccnc2)c2c(C)cccc2C(=O)N(O)C2=COCO2)cc1. The number of rotatable bonds is 8. The number of hydrogen-bond donors (Lipinski definition) is 1. The van der Waals surface area contributed by atoms with Crippen molar-refractivity contribution in [2.24, 2.45) is 0 Å². The summed E-state index contributed by atoms with van der Waals surface area (Å²) in [5, 5.41) is 10.7. The van der Waals surface area contributed by atoms with E-state index in [1.807, 2.05) is 0 Å². The van der Waals surface area contributed by atoms with Crippen molar-refractivity contribution in [1.29, 1.82) is 0 Å². The van der Waals surface area contributed by atoms with Crippen molar-refractivity contribution in [2.75, 3.05) is 18.2 Å². The predicted octanol–water partition coefficient (Wildman–Crippen LogP) is 3.43. The van der Waals surface area contributed by atoms with Gasteiger partial charge in [-0.05, 0) is 54.4 Å². The molecule has 0 atom stereocenters. The molecule has 10 nitrogen and oxygen atoms in total. The number of amides is 1. The Labute approximate surface area is 202 Å². The lowest BCUT2D eigenvalue weighted by Gasteiger charge is -2.28. The first-order chi connectivity index (χ1) is 16.8. The molecule has 1 amide bonds. The van der Waals surface area contributed by atoms with E-state index in [0.29, 0.717) is 16.9 Å². The zero-order valence-corrected chi connectivity index (χ0v) is 19.8. The molecule has 0 radical (unpaired) electrons. The average Bonchev–Trinajstić information content (AvgIpc) is 3.42. The van der Waals surface area contributed by atoms with Crippen LogP contribution in [-0.4, -0.2) is 43.5 Å². The topological polar surface area (TPSA) is 119 Å². The lowest BCUT2D eigenvalue weighted by molar-refractivity contribution is -0.0770. The molecule has 0 spiro atoms. The van der Waals surface area contributed by atoms with E-state index in [-0.39, 0.29) is 40.4 Å². The van der Waals surface area contributed by atoms with E-state index >= 15 is 0 Å². The number of hydrogen-bond acceptors (Lipinski definition) is 8. The van der Waals surface area contributed by atoms with Gasteiger partial charge in [-0.3, -0.25) is 19.3 Å². The number of carbonyl (C=O) groups is 1. The van der Waals surface area contributed by atoms with Crippen molar-refractivity contribution in [2.45, 2.75) is 18.4 Å². The molecule has 4 rings (SSSR count). The smallest absolute Gasteiger partial charge is 0.286 e. The first kappa shape index (κ1) is 24.0. The van der Waals surface area contributed by atoms with Gasteiger partial charge in [0.2, 0.25) is 6.79 Å². The van der Waals surface area contributed by atoms with E-state index in [1.54, 1.807) is 55.7 Å². The van der Waals surface area contributed by atoms with E-state index in [0.717, 1.165) is 10.6 Å². The zero-order valence-electron chi connectivity index (χ0n) is 19.0. The highest BCUT2D eigenvalue weighted by atomic mass is 32.2. The maximum atomic E-state index is 13.9.